The molecule has 0 rings (SSSR count). The topological polar surface area (TPSA) is 49.3 Å². The second-order valence-electron chi connectivity index (χ2n) is 1.51. The lowest BCUT2D eigenvalue weighted by Crippen LogP contribution is -2.33. The van der Waals surface area contributed by atoms with Crippen molar-refractivity contribution in [1.29, 1.82) is 0 Å². The number of hydrogen-bond donors (Lipinski definition) is 2. The van der Waals surface area contributed by atoms with Crippen LogP contribution >= 0.6 is 0 Å². The third-order valence-corrected chi connectivity index (χ3v) is 0.821. The molecule has 3 nitrogen and oxygen atoms in total. The van der Waals surface area contributed by atoms with Crippen molar-refractivity contribution in [1.82, 2.24) is 5.32 Å². The van der Waals surface area contributed by atoms with E-state index < -0.39 is 12.0 Å². The summed E-state index contributed by atoms with van der Waals surface area (Å²) in [7, 11) is 0. The maximum atomic E-state index is 10.1. The lowest BCUT2D eigenvalue weighted by Gasteiger charge is -2.03. The van der Waals surface area contributed by atoms with Gasteiger partial charge in [0.25, 0.3) is 0 Å². The molecule has 0 saturated carbocycles. The van der Waals surface area contributed by atoms with Gasteiger partial charge in [-0.05, 0) is 13.5 Å². The summed E-state index contributed by atoms with van der Waals surface area (Å²) >= 11 is 0. The van der Waals surface area contributed by atoms with Crippen LogP contribution in [0.4, 0.5) is 0 Å². The summed E-state index contributed by atoms with van der Waals surface area (Å²) in [4.78, 5) is 10.1. The maximum Gasteiger partial charge on any atom is 0.320 e. The van der Waals surface area contributed by atoms with Crippen molar-refractivity contribution in [3.05, 3.63) is 0 Å². The van der Waals surface area contributed by atoms with Crippen LogP contribution < -0.4 is 5.32 Å². The summed E-state index contributed by atoms with van der Waals surface area (Å²) in [5.41, 5.74) is 0. The largest absolute Gasteiger partial charge is 0.480 e. The van der Waals surface area contributed by atoms with E-state index in [1.807, 2.05) is 0 Å². The lowest BCUT2D eigenvalue weighted by atomic mass is 10.3. The molecule has 0 saturated heterocycles. The zero-order valence-electron chi connectivity index (χ0n) is 5.85. The van der Waals surface area contributed by atoms with Crippen molar-refractivity contribution in [2.45, 2.75) is 19.9 Å². The van der Waals surface area contributed by atoms with Crippen LogP contribution in [0.2, 0.25) is 0 Å². The fourth-order valence-corrected chi connectivity index (χ4v) is 0.304. The third kappa shape index (κ3) is 2.58. The number of hydrogen-bond acceptors (Lipinski definition) is 2. The van der Waals surface area contributed by atoms with Gasteiger partial charge in [-0.1, -0.05) is 6.90 Å². The van der Waals surface area contributed by atoms with Crippen LogP contribution in [0.15, 0.2) is 0 Å². The highest BCUT2D eigenvalue weighted by Gasteiger charge is 2.06. The second kappa shape index (κ2) is 3.43. The Kier molecular flexibility index (Phi) is 2.39. The molecule has 0 aliphatic rings. The molecule has 0 unspecified atom stereocenters. The normalized spacial score (nSPS) is 14.9. The minimum absolute atomic E-state index is 0.220. The molecule has 1 atom stereocenters. The average molecular weight is 118 g/mol. The van der Waals surface area contributed by atoms with Gasteiger partial charge in [-0.3, -0.25) is 4.79 Å². The van der Waals surface area contributed by atoms with Crippen molar-refractivity contribution in [2.24, 2.45) is 0 Å². The molecule has 0 fully saturated rings. The SMILES string of the molecule is [2H]CCN[C@@H](C)C(=O)O. The predicted octanol–water partition coefficient (Wildman–Crippen LogP) is 0.0690. The molecule has 3 heteroatoms. The zero-order valence-corrected chi connectivity index (χ0v) is 4.85. The highest BCUT2D eigenvalue weighted by Crippen LogP contribution is 1.77. The summed E-state index contributed by atoms with van der Waals surface area (Å²) in [5, 5.41) is 10.9. The Bertz CT molecular complexity index is 97.0. The molecule has 0 aliphatic carbocycles. The second-order valence-corrected chi connectivity index (χ2v) is 1.51. The first kappa shape index (κ1) is 5.56. The molecule has 2 N–H and O–H groups in total. The summed E-state index contributed by atoms with van der Waals surface area (Å²) in [6.07, 6.45) is 0. The number of carboxylic acids is 1. The van der Waals surface area contributed by atoms with Gasteiger partial charge in [0.1, 0.15) is 6.04 Å². The predicted molar refractivity (Wildman–Crippen MR) is 30.8 cm³/mol. The van der Waals surface area contributed by atoms with Crippen molar-refractivity contribution < 1.29 is 11.3 Å². The molecule has 0 bridgehead atoms. The standard InChI is InChI=1S/C5H11NO2/c1-3-6-4(2)5(7)8/h4,6H,3H2,1-2H3,(H,7,8)/t4-/m0/s1/i1D. The molecule has 8 heavy (non-hydrogen) atoms. The van der Waals surface area contributed by atoms with Crippen molar-refractivity contribution in [2.75, 3.05) is 6.54 Å². The fraction of sp³-hybridized carbons (Fsp3) is 0.800. The van der Waals surface area contributed by atoms with Gasteiger partial charge in [-0.25, -0.2) is 0 Å². The van der Waals surface area contributed by atoms with Gasteiger partial charge in [-0.15, -0.1) is 0 Å². The Hall–Kier alpha value is -0.570. The fourth-order valence-electron chi connectivity index (χ4n) is 0.304. The van der Waals surface area contributed by atoms with E-state index in [0.717, 1.165) is 0 Å². The van der Waals surface area contributed by atoms with Crippen LogP contribution in [0, 0.1) is 0 Å². The Morgan fingerprint density at radius 2 is 2.75 bits per heavy atom. The minimum atomic E-state index is -0.872. The summed E-state index contributed by atoms with van der Waals surface area (Å²) in [5.74, 6) is -0.872. The first-order valence-electron chi connectivity index (χ1n) is 3.14. The quantitative estimate of drug-likeness (QED) is 0.551. The molecular weight excluding hydrogens is 106 g/mol. The maximum absolute atomic E-state index is 10.1. The molecule has 0 aliphatic heterocycles. The highest BCUT2D eigenvalue weighted by molar-refractivity contribution is 5.72. The van der Waals surface area contributed by atoms with Gasteiger partial charge in [-0.2, -0.15) is 0 Å². The van der Waals surface area contributed by atoms with Crippen LogP contribution in [0.5, 0.6) is 0 Å². The molecule has 0 aromatic rings. The monoisotopic (exact) mass is 118 g/mol. The number of nitrogens with one attached hydrogen (secondary N) is 1. The molecule has 0 aromatic heterocycles. The van der Waals surface area contributed by atoms with E-state index in [1.54, 1.807) is 6.92 Å². The number of aliphatic carboxylic acids is 1. The average Bonchev–Trinajstić information content (AvgIpc) is 1.82. The van der Waals surface area contributed by atoms with Crippen molar-refractivity contribution in [3.8, 4) is 0 Å². The molecule has 0 amide bonds. The van der Waals surface area contributed by atoms with Gasteiger partial charge < -0.3 is 10.4 Å². The van der Waals surface area contributed by atoms with E-state index in [0.29, 0.717) is 6.54 Å². The van der Waals surface area contributed by atoms with Crippen molar-refractivity contribution >= 4 is 5.97 Å². The Labute approximate surface area is 50.1 Å². The van der Waals surface area contributed by atoms with Crippen molar-refractivity contribution in [3.63, 3.8) is 0 Å². The highest BCUT2D eigenvalue weighted by atomic mass is 16.4. The van der Waals surface area contributed by atoms with E-state index in [-0.39, 0.29) is 6.90 Å². The number of rotatable bonds is 3. The summed E-state index contributed by atoms with van der Waals surface area (Å²) in [6, 6.07) is -0.532. The van der Waals surface area contributed by atoms with Crippen LogP contribution in [0.1, 0.15) is 15.2 Å². The molecule has 48 valence electrons. The van der Waals surface area contributed by atoms with Gasteiger partial charge in [0.15, 0.2) is 0 Å². The Morgan fingerprint density at radius 1 is 2.12 bits per heavy atom. The molecule has 0 radical (unpaired) electrons. The van der Waals surface area contributed by atoms with Gasteiger partial charge in [0.05, 0.1) is 0 Å². The number of likely N-dealkylation sites (N-methyl/N-ethyl adjacent to an activating group) is 1. The third-order valence-electron chi connectivity index (χ3n) is 0.821. The van der Waals surface area contributed by atoms with E-state index in [4.69, 9.17) is 6.48 Å². The Balaban J connectivity index is 3.27. The van der Waals surface area contributed by atoms with E-state index in [2.05, 4.69) is 5.32 Å². The molecule has 0 spiro atoms. The lowest BCUT2D eigenvalue weighted by molar-refractivity contribution is -0.138. The van der Waals surface area contributed by atoms with Gasteiger partial charge >= 0.3 is 5.97 Å². The van der Waals surface area contributed by atoms with Crippen LogP contribution in [-0.2, 0) is 4.79 Å². The molecular formula is C5H11NO2. The number of carboxylic acid groups (broad SMARTS) is 1. The minimum Gasteiger partial charge on any atom is -0.480 e. The Morgan fingerprint density at radius 3 is 3.12 bits per heavy atom. The van der Waals surface area contributed by atoms with Crippen LogP contribution in [-0.4, -0.2) is 23.7 Å². The van der Waals surface area contributed by atoms with E-state index >= 15 is 0 Å². The smallest absolute Gasteiger partial charge is 0.320 e. The molecule has 0 heterocycles. The van der Waals surface area contributed by atoms with Crippen LogP contribution in [0.3, 0.4) is 0 Å². The first-order chi connectivity index (χ1) is 4.18. The van der Waals surface area contributed by atoms with Gasteiger partial charge in [0.2, 0.25) is 0 Å². The summed E-state index contributed by atoms with van der Waals surface area (Å²) < 4.78 is 6.68. The number of carbonyl (C=O) groups is 1. The summed E-state index contributed by atoms with van der Waals surface area (Å²) in [6.45, 7) is 2.21. The zero-order chi connectivity index (χ0) is 7.28. The van der Waals surface area contributed by atoms with Crippen LogP contribution in [0.25, 0.3) is 0 Å². The molecule has 0 aromatic carbocycles. The first-order valence-corrected chi connectivity index (χ1v) is 2.44. The van der Waals surface area contributed by atoms with E-state index in [9.17, 15) is 4.79 Å². The van der Waals surface area contributed by atoms with Gasteiger partial charge in [0, 0.05) is 1.37 Å². The van der Waals surface area contributed by atoms with E-state index in [1.165, 1.54) is 0 Å².